The number of H-pyrrole nitrogens is 1. The highest BCUT2D eigenvalue weighted by Crippen LogP contribution is 2.24. The molecule has 0 aliphatic rings. The largest absolute Gasteiger partial charge is 0.494 e. The van der Waals surface area contributed by atoms with Gasteiger partial charge in [-0.05, 0) is 12.1 Å². The van der Waals surface area contributed by atoms with Gasteiger partial charge in [0, 0.05) is 11.5 Å². The molecule has 2 rings (SSSR count). The van der Waals surface area contributed by atoms with Gasteiger partial charge in [-0.15, -0.1) is 0 Å². The molecule has 0 saturated carbocycles. The van der Waals surface area contributed by atoms with E-state index in [4.69, 9.17) is 9.84 Å². The van der Waals surface area contributed by atoms with Crippen LogP contribution in [0.3, 0.4) is 0 Å². The van der Waals surface area contributed by atoms with Gasteiger partial charge >= 0.3 is 5.97 Å². The molecule has 6 heteroatoms. The molecule has 0 bridgehead atoms. The third kappa shape index (κ3) is 1.84. The summed E-state index contributed by atoms with van der Waals surface area (Å²) < 4.78 is 18.1. The summed E-state index contributed by atoms with van der Waals surface area (Å²) in [6.07, 6.45) is 0. The molecular weight excluding hydrogens is 229 g/mol. The SMILES string of the molecule is COc1cc(F)cc2cc(C(=O)O)c(=O)[nH]c12. The number of carboxylic acids is 1. The van der Waals surface area contributed by atoms with Crippen molar-refractivity contribution in [1.82, 2.24) is 4.98 Å². The molecule has 0 unspecified atom stereocenters. The smallest absolute Gasteiger partial charge is 0.341 e. The second kappa shape index (κ2) is 3.89. The van der Waals surface area contributed by atoms with E-state index in [1.807, 2.05) is 0 Å². The molecule has 1 aromatic carbocycles. The Kier molecular flexibility index (Phi) is 2.55. The van der Waals surface area contributed by atoms with Crippen molar-refractivity contribution < 1.29 is 19.0 Å². The standard InChI is InChI=1S/C11H8FNO4/c1-17-8-4-6(12)2-5-3-7(11(15)16)10(14)13-9(5)8/h2-4H,1H3,(H,13,14)(H,15,16). The van der Waals surface area contributed by atoms with Gasteiger partial charge < -0.3 is 14.8 Å². The average molecular weight is 237 g/mol. The Hall–Kier alpha value is -2.37. The molecule has 2 aromatic rings. The minimum Gasteiger partial charge on any atom is -0.494 e. The van der Waals surface area contributed by atoms with E-state index in [2.05, 4.69) is 4.98 Å². The maximum atomic E-state index is 13.2. The molecule has 0 amide bonds. The molecule has 17 heavy (non-hydrogen) atoms. The van der Waals surface area contributed by atoms with Crippen molar-refractivity contribution in [2.75, 3.05) is 7.11 Å². The first-order chi connectivity index (χ1) is 8.02. The molecule has 1 heterocycles. The Morgan fingerprint density at radius 3 is 2.71 bits per heavy atom. The van der Waals surface area contributed by atoms with Gasteiger partial charge in [-0.25, -0.2) is 9.18 Å². The van der Waals surface area contributed by atoms with Crippen LogP contribution in [0.1, 0.15) is 10.4 Å². The van der Waals surface area contributed by atoms with E-state index < -0.39 is 22.9 Å². The molecular formula is C11H8FNO4. The lowest BCUT2D eigenvalue weighted by atomic mass is 10.1. The van der Waals surface area contributed by atoms with E-state index in [0.717, 1.165) is 18.2 Å². The van der Waals surface area contributed by atoms with Crippen LogP contribution < -0.4 is 10.3 Å². The molecule has 5 nitrogen and oxygen atoms in total. The molecule has 0 radical (unpaired) electrons. The molecule has 0 atom stereocenters. The number of benzene rings is 1. The lowest BCUT2D eigenvalue weighted by molar-refractivity contribution is 0.0695. The van der Waals surface area contributed by atoms with E-state index in [9.17, 15) is 14.0 Å². The Morgan fingerprint density at radius 1 is 1.41 bits per heavy atom. The van der Waals surface area contributed by atoms with Crippen molar-refractivity contribution in [3.8, 4) is 5.75 Å². The van der Waals surface area contributed by atoms with Crippen LogP contribution in [0.5, 0.6) is 5.75 Å². The van der Waals surface area contributed by atoms with Crippen LogP contribution in [-0.2, 0) is 0 Å². The van der Waals surface area contributed by atoms with Crippen LogP contribution >= 0.6 is 0 Å². The van der Waals surface area contributed by atoms with Crippen LogP contribution in [-0.4, -0.2) is 23.2 Å². The summed E-state index contributed by atoms with van der Waals surface area (Å²) in [7, 11) is 1.33. The number of carbonyl (C=O) groups is 1. The van der Waals surface area contributed by atoms with Crippen molar-refractivity contribution in [2.45, 2.75) is 0 Å². The number of aromatic carboxylic acids is 1. The fraction of sp³-hybridized carbons (Fsp3) is 0.0909. The topological polar surface area (TPSA) is 79.4 Å². The Morgan fingerprint density at radius 2 is 2.12 bits per heavy atom. The number of fused-ring (bicyclic) bond motifs is 1. The number of halogens is 1. The number of aromatic nitrogens is 1. The summed E-state index contributed by atoms with van der Waals surface area (Å²) in [6.45, 7) is 0. The van der Waals surface area contributed by atoms with E-state index in [1.54, 1.807) is 0 Å². The number of aromatic amines is 1. The number of carboxylic acid groups (broad SMARTS) is 1. The molecule has 0 aliphatic heterocycles. The molecule has 0 aliphatic carbocycles. The number of hydrogen-bond donors (Lipinski definition) is 2. The number of pyridine rings is 1. The van der Waals surface area contributed by atoms with Gasteiger partial charge in [0.1, 0.15) is 17.1 Å². The lowest BCUT2D eigenvalue weighted by Gasteiger charge is -2.06. The van der Waals surface area contributed by atoms with Crippen LogP contribution in [0.4, 0.5) is 4.39 Å². The molecule has 88 valence electrons. The lowest BCUT2D eigenvalue weighted by Crippen LogP contribution is -2.17. The van der Waals surface area contributed by atoms with E-state index >= 15 is 0 Å². The first kappa shape index (κ1) is 11.1. The predicted octanol–water partition coefficient (Wildman–Crippen LogP) is 1.37. The van der Waals surface area contributed by atoms with Gasteiger partial charge in [-0.3, -0.25) is 4.79 Å². The minimum absolute atomic E-state index is 0.147. The molecule has 0 saturated heterocycles. The molecule has 0 spiro atoms. The van der Waals surface area contributed by atoms with Crippen molar-refractivity contribution >= 4 is 16.9 Å². The second-order valence-electron chi connectivity index (χ2n) is 3.39. The first-order valence-electron chi connectivity index (χ1n) is 4.67. The minimum atomic E-state index is -1.36. The summed E-state index contributed by atoms with van der Waals surface area (Å²) in [5.41, 5.74) is -0.927. The summed E-state index contributed by atoms with van der Waals surface area (Å²) >= 11 is 0. The normalized spacial score (nSPS) is 10.5. The molecule has 2 N–H and O–H groups in total. The van der Waals surface area contributed by atoms with Crippen LogP contribution in [0.25, 0.3) is 10.9 Å². The maximum Gasteiger partial charge on any atom is 0.341 e. The summed E-state index contributed by atoms with van der Waals surface area (Å²) in [5, 5.41) is 9.04. The number of hydrogen-bond acceptors (Lipinski definition) is 3. The quantitative estimate of drug-likeness (QED) is 0.826. The number of methoxy groups -OCH3 is 1. The second-order valence-corrected chi connectivity index (χ2v) is 3.39. The van der Waals surface area contributed by atoms with Gasteiger partial charge in [0.25, 0.3) is 5.56 Å². The third-order valence-corrected chi connectivity index (χ3v) is 2.33. The van der Waals surface area contributed by atoms with Crippen LogP contribution in [0.15, 0.2) is 23.0 Å². The van der Waals surface area contributed by atoms with E-state index in [1.165, 1.54) is 7.11 Å². The van der Waals surface area contributed by atoms with E-state index in [0.29, 0.717) is 0 Å². The number of ether oxygens (including phenoxy) is 1. The summed E-state index contributed by atoms with van der Waals surface area (Å²) in [5.74, 6) is -1.79. The number of rotatable bonds is 2. The highest BCUT2D eigenvalue weighted by Gasteiger charge is 2.13. The van der Waals surface area contributed by atoms with Crippen molar-refractivity contribution in [3.05, 3.63) is 39.9 Å². The van der Waals surface area contributed by atoms with Crippen molar-refractivity contribution in [2.24, 2.45) is 0 Å². The number of nitrogens with one attached hydrogen (secondary N) is 1. The molecule has 1 aromatic heterocycles. The van der Waals surface area contributed by atoms with Gasteiger partial charge in [0.15, 0.2) is 0 Å². The van der Waals surface area contributed by atoms with Crippen molar-refractivity contribution in [1.29, 1.82) is 0 Å². The van der Waals surface area contributed by atoms with Gasteiger partial charge in [-0.1, -0.05) is 0 Å². The zero-order valence-electron chi connectivity index (χ0n) is 8.78. The zero-order valence-corrected chi connectivity index (χ0v) is 8.78. The Labute approximate surface area is 94.5 Å². The summed E-state index contributed by atoms with van der Waals surface area (Å²) in [6, 6.07) is 3.35. The third-order valence-electron chi connectivity index (χ3n) is 2.33. The van der Waals surface area contributed by atoms with Crippen LogP contribution in [0, 0.1) is 5.82 Å². The average Bonchev–Trinajstić information content (AvgIpc) is 2.27. The maximum absolute atomic E-state index is 13.2. The monoisotopic (exact) mass is 237 g/mol. The fourth-order valence-corrected chi connectivity index (χ4v) is 1.57. The van der Waals surface area contributed by atoms with Gasteiger partial charge in [0.05, 0.1) is 12.6 Å². The summed E-state index contributed by atoms with van der Waals surface area (Å²) in [4.78, 5) is 24.6. The highest BCUT2D eigenvalue weighted by atomic mass is 19.1. The predicted molar refractivity (Wildman–Crippen MR) is 58.0 cm³/mol. The Bertz CT molecular complexity index is 662. The van der Waals surface area contributed by atoms with Crippen LogP contribution in [0.2, 0.25) is 0 Å². The van der Waals surface area contributed by atoms with Gasteiger partial charge in [-0.2, -0.15) is 0 Å². The zero-order chi connectivity index (χ0) is 12.6. The molecule has 0 fully saturated rings. The first-order valence-corrected chi connectivity index (χ1v) is 4.67. The van der Waals surface area contributed by atoms with Gasteiger partial charge in [0.2, 0.25) is 0 Å². The Balaban J connectivity index is 2.87. The fourth-order valence-electron chi connectivity index (χ4n) is 1.57. The van der Waals surface area contributed by atoms with Crippen molar-refractivity contribution in [3.63, 3.8) is 0 Å². The highest BCUT2D eigenvalue weighted by molar-refractivity contribution is 5.93. The van der Waals surface area contributed by atoms with E-state index in [-0.39, 0.29) is 16.7 Å².